The average Bonchev–Trinajstić information content (AvgIpc) is 2.80. The fourth-order valence-electron chi connectivity index (χ4n) is 1.81. The number of fused-ring (bicyclic) bond motifs is 1. The van der Waals surface area contributed by atoms with Gasteiger partial charge in [0.15, 0.2) is 0 Å². The van der Waals surface area contributed by atoms with Crippen LogP contribution in [0.1, 0.15) is 5.56 Å². The van der Waals surface area contributed by atoms with Crippen molar-refractivity contribution >= 4 is 11.6 Å². The molecule has 0 amide bonds. The molecule has 3 rings (SSSR count). The van der Waals surface area contributed by atoms with Gasteiger partial charge in [0.1, 0.15) is 5.82 Å². The number of aromatic nitrogens is 3. The highest BCUT2D eigenvalue weighted by Crippen LogP contribution is 2.20. The van der Waals surface area contributed by atoms with E-state index in [1.807, 2.05) is 24.4 Å². The van der Waals surface area contributed by atoms with Crippen molar-refractivity contribution in [1.82, 2.24) is 14.4 Å². The normalized spacial score (nSPS) is 10.4. The van der Waals surface area contributed by atoms with E-state index in [2.05, 4.69) is 16.0 Å². The molecule has 0 fully saturated rings. The first-order chi connectivity index (χ1) is 8.78. The minimum absolute atomic E-state index is 0.538. The van der Waals surface area contributed by atoms with E-state index >= 15 is 0 Å². The topological polar surface area (TPSA) is 80.0 Å². The van der Waals surface area contributed by atoms with Crippen molar-refractivity contribution in [3.63, 3.8) is 0 Å². The maximum Gasteiger partial charge on any atom is 0.235 e. The van der Waals surface area contributed by atoms with E-state index in [1.165, 1.54) is 0 Å². The van der Waals surface area contributed by atoms with Gasteiger partial charge in [-0.2, -0.15) is 5.26 Å². The van der Waals surface area contributed by atoms with Crippen LogP contribution < -0.4 is 5.73 Å². The van der Waals surface area contributed by atoms with Crippen LogP contribution in [-0.2, 0) is 0 Å². The van der Waals surface area contributed by atoms with E-state index in [0.717, 1.165) is 11.1 Å². The molecule has 86 valence electrons. The van der Waals surface area contributed by atoms with Gasteiger partial charge in [0.2, 0.25) is 5.78 Å². The summed E-state index contributed by atoms with van der Waals surface area (Å²) in [5, 5.41) is 8.89. The van der Waals surface area contributed by atoms with Gasteiger partial charge in [0, 0.05) is 18.0 Å². The molecule has 2 N–H and O–H groups in total. The molecule has 0 atom stereocenters. The molecule has 0 unspecified atom stereocenters. The summed E-state index contributed by atoms with van der Waals surface area (Å²) in [6.45, 7) is 0. The minimum atomic E-state index is 0.538. The van der Waals surface area contributed by atoms with Crippen molar-refractivity contribution in [3.05, 3.63) is 48.4 Å². The van der Waals surface area contributed by atoms with E-state index in [9.17, 15) is 0 Å². The lowest BCUT2D eigenvalue weighted by atomic mass is 10.1. The Morgan fingerprint density at radius 1 is 1.17 bits per heavy atom. The number of hydrogen-bond acceptors (Lipinski definition) is 4. The standard InChI is InChI=1S/C13H9N5/c14-5-9-2-1-3-10(4-9)11-6-16-13-17-7-12(15)18(13)8-11/h1-4,6-8H,15H2. The highest BCUT2D eigenvalue weighted by atomic mass is 15.1. The molecule has 0 saturated carbocycles. The number of benzene rings is 1. The molecule has 0 aliphatic rings. The zero-order valence-electron chi connectivity index (χ0n) is 9.41. The molecule has 1 aromatic carbocycles. The van der Waals surface area contributed by atoms with Crippen molar-refractivity contribution in [2.24, 2.45) is 0 Å². The molecule has 0 radical (unpaired) electrons. The van der Waals surface area contributed by atoms with Gasteiger partial charge in [-0.1, -0.05) is 12.1 Å². The predicted octanol–water partition coefficient (Wildman–Crippen LogP) is 1.85. The van der Waals surface area contributed by atoms with Crippen LogP contribution in [0.5, 0.6) is 0 Å². The molecule has 0 aliphatic heterocycles. The first-order valence-electron chi connectivity index (χ1n) is 5.37. The molecule has 18 heavy (non-hydrogen) atoms. The molecule has 0 saturated heterocycles. The Morgan fingerprint density at radius 2 is 2.00 bits per heavy atom. The number of imidazole rings is 1. The second kappa shape index (κ2) is 3.86. The number of anilines is 1. The molecule has 3 aromatic rings. The maximum atomic E-state index is 8.89. The van der Waals surface area contributed by atoms with Crippen LogP contribution in [0.3, 0.4) is 0 Å². The molecule has 5 heteroatoms. The first-order valence-corrected chi connectivity index (χ1v) is 5.37. The number of nitrogens with two attached hydrogens (primary N) is 1. The van der Waals surface area contributed by atoms with Crippen molar-refractivity contribution in [2.75, 3.05) is 5.73 Å². The van der Waals surface area contributed by atoms with Gasteiger partial charge in [-0.05, 0) is 17.7 Å². The molecule has 2 aromatic heterocycles. The van der Waals surface area contributed by atoms with Gasteiger partial charge < -0.3 is 5.73 Å². The van der Waals surface area contributed by atoms with Gasteiger partial charge in [-0.15, -0.1) is 0 Å². The Labute approximate surface area is 103 Å². The van der Waals surface area contributed by atoms with E-state index < -0.39 is 0 Å². The van der Waals surface area contributed by atoms with E-state index in [4.69, 9.17) is 11.0 Å². The lowest BCUT2D eigenvalue weighted by Crippen LogP contribution is -1.95. The second-order valence-corrected chi connectivity index (χ2v) is 3.89. The summed E-state index contributed by atoms with van der Waals surface area (Å²) in [5.41, 5.74) is 8.22. The third-order valence-electron chi connectivity index (χ3n) is 2.72. The smallest absolute Gasteiger partial charge is 0.235 e. The maximum absolute atomic E-state index is 8.89. The Bertz CT molecular complexity index is 766. The SMILES string of the molecule is N#Cc1cccc(-c2cnc3ncc(N)n3c2)c1. The highest BCUT2D eigenvalue weighted by molar-refractivity contribution is 5.65. The molecular weight excluding hydrogens is 226 g/mol. The lowest BCUT2D eigenvalue weighted by molar-refractivity contribution is 1.12. The van der Waals surface area contributed by atoms with Crippen LogP contribution in [0.15, 0.2) is 42.9 Å². The number of rotatable bonds is 1. The molecular formula is C13H9N5. The van der Waals surface area contributed by atoms with Crippen LogP contribution in [0.2, 0.25) is 0 Å². The van der Waals surface area contributed by atoms with Gasteiger partial charge in [0.25, 0.3) is 0 Å². The molecule has 0 bridgehead atoms. The molecule has 0 spiro atoms. The Morgan fingerprint density at radius 3 is 2.83 bits per heavy atom. The summed E-state index contributed by atoms with van der Waals surface area (Å²) in [4.78, 5) is 8.28. The zero-order chi connectivity index (χ0) is 12.5. The van der Waals surface area contributed by atoms with Crippen molar-refractivity contribution in [3.8, 4) is 17.2 Å². The van der Waals surface area contributed by atoms with Gasteiger partial charge in [-0.3, -0.25) is 4.40 Å². The Balaban J connectivity index is 2.19. The van der Waals surface area contributed by atoms with Crippen LogP contribution in [0, 0.1) is 11.3 Å². The third-order valence-corrected chi connectivity index (χ3v) is 2.72. The van der Waals surface area contributed by atoms with Crippen molar-refractivity contribution < 1.29 is 0 Å². The summed E-state index contributed by atoms with van der Waals surface area (Å²) < 4.78 is 1.72. The predicted molar refractivity (Wildman–Crippen MR) is 67.6 cm³/mol. The van der Waals surface area contributed by atoms with E-state index in [-0.39, 0.29) is 0 Å². The summed E-state index contributed by atoms with van der Waals surface area (Å²) in [6.07, 6.45) is 5.15. The monoisotopic (exact) mass is 235 g/mol. The summed E-state index contributed by atoms with van der Waals surface area (Å²) in [7, 11) is 0. The Kier molecular flexibility index (Phi) is 2.21. The third kappa shape index (κ3) is 1.57. The quantitative estimate of drug-likeness (QED) is 0.698. The van der Waals surface area contributed by atoms with Crippen LogP contribution in [0.25, 0.3) is 16.9 Å². The van der Waals surface area contributed by atoms with Crippen molar-refractivity contribution in [1.29, 1.82) is 5.26 Å². The van der Waals surface area contributed by atoms with Crippen LogP contribution >= 0.6 is 0 Å². The fourth-order valence-corrected chi connectivity index (χ4v) is 1.81. The first kappa shape index (κ1) is 10.3. The molecule has 5 nitrogen and oxygen atoms in total. The Hall–Kier alpha value is -2.87. The number of nitriles is 1. The largest absolute Gasteiger partial charge is 0.383 e. The molecule has 2 heterocycles. The average molecular weight is 235 g/mol. The van der Waals surface area contributed by atoms with Crippen molar-refractivity contribution in [2.45, 2.75) is 0 Å². The second-order valence-electron chi connectivity index (χ2n) is 3.89. The fraction of sp³-hybridized carbons (Fsp3) is 0. The molecule has 0 aliphatic carbocycles. The van der Waals surface area contributed by atoms with E-state index in [1.54, 1.807) is 22.9 Å². The van der Waals surface area contributed by atoms with Gasteiger partial charge in [0.05, 0.1) is 17.8 Å². The zero-order valence-corrected chi connectivity index (χ0v) is 9.41. The van der Waals surface area contributed by atoms with Gasteiger partial charge >= 0.3 is 0 Å². The number of nitrogen functional groups attached to an aromatic ring is 1. The number of nitrogens with zero attached hydrogens (tertiary/aromatic N) is 4. The number of hydrogen-bond donors (Lipinski definition) is 1. The summed E-state index contributed by atoms with van der Waals surface area (Å²) in [5.74, 6) is 1.10. The lowest BCUT2D eigenvalue weighted by Gasteiger charge is -2.03. The van der Waals surface area contributed by atoms with E-state index in [0.29, 0.717) is 17.2 Å². The minimum Gasteiger partial charge on any atom is -0.383 e. The van der Waals surface area contributed by atoms with Crippen LogP contribution in [-0.4, -0.2) is 14.4 Å². The van der Waals surface area contributed by atoms with Gasteiger partial charge in [-0.25, -0.2) is 9.97 Å². The highest BCUT2D eigenvalue weighted by Gasteiger charge is 2.04. The summed E-state index contributed by atoms with van der Waals surface area (Å²) in [6, 6.07) is 9.47. The van der Waals surface area contributed by atoms with Crippen LogP contribution in [0.4, 0.5) is 5.82 Å². The summed E-state index contributed by atoms with van der Waals surface area (Å²) >= 11 is 0.